The lowest BCUT2D eigenvalue weighted by molar-refractivity contribution is -0.156. The smallest absolute Gasteiger partial charge is 0.309 e. The van der Waals surface area contributed by atoms with Crippen molar-refractivity contribution in [3.05, 3.63) is 154 Å². The van der Waals surface area contributed by atoms with Crippen LogP contribution in [0.25, 0.3) is 11.1 Å². The molecule has 0 aromatic heterocycles. The molecule has 1 heterocycles. The molecule has 0 fully saturated rings. The number of nitriles is 1. The second-order valence-corrected chi connectivity index (χ2v) is 25.7. The van der Waals surface area contributed by atoms with Gasteiger partial charge in [0.25, 0.3) is 0 Å². The van der Waals surface area contributed by atoms with E-state index < -0.39 is 95.5 Å². The lowest BCUT2D eigenvalue weighted by atomic mass is 9.87. The average Bonchev–Trinajstić information content (AvgIpc) is 0.779. The van der Waals surface area contributed by atoms with Gasteiger partial charge in [0.05, 0.1) is 56.2 Å². The summed E-state index contributed by atoms with van der Waals surface area (Å²) in [6.07, 6.45) is 6.06. The summed E-state index contributed by atoms with van der Waals surface area (Å²) < 4.78 is 26.7. The number of carboxylic acids is 2. The number of fused-ring (bicyclic) bond motifs is 5. The first-order valence-corrected chi connectivity index (χ1v) is 35.5. The first-order chi connectivity index (χ1) is 50.3. The third-order valence-electron chi connectivity index (χ3n) is 17.4. The van der Waals surface area contributed by atoms with Crippen LogP contribution in [0.2, 0.25) is 0 Å². The van der Waals surface area contributed by atoms with Crippen molar-refractivity contribution in [2.45, 2.75) is 169 Å². The van der Waals surface area contributed by atoms with Crippen molar-refractivity contribution in [2.75, 3.05) is 47.5 Å². The Hall–Kier alpha value is -10.5. The number of methoxy groups -OCH3 is 1. The van der Waals surface area contributed by atoms with E-state index in [1.165, 1.54) is 44.7 Å². The van der Waals surface area contributed by atoms with Crippen molar-refractivity contribution in [1.29, 1.82) is 5.26 Å². The van der Waals surface area contributed by atoms with E-state index in [0.717, 1.165) is 48.6 Å². The van der Waals surface area contributed by atoms with Gasteiger partial charge in [-0.2, -0.15) is 5.26 Å². The number of rotatable bonds is 38. The number of nitrogens with zero attached hydrogens (tertiary/aromatic N) is 2. The molecule has 0 spiro atoms. The van der Waals surface area contributed by atoms with E-state index in [0.29, 0.717) is 39.3 Å². The summed E-state index contributed by atoms with van der Waals surface area (Å²) in [5.74, 6) is -10.5. The summed E-state index contributed by atoms with van der Waals surface area (Å²) in [6.45, 7) is 8.22. The first-order valence-electron chi connectivity index (χ1n) is 35.5. The Labute approximate surface area is 614 Å². The van der Waals surface area contributed by atoms with Gasteiger partial charge >= 0.3 is 29.8 Å². The second-order valence-electron chi connectivity index (χ2n) is 25.7. The summed E-state index contributed by atoms with van der Waals surface area (Å²) in [4.78, 5) is 153. The molecule has 25 heteroatoms. The fourth-order valence-corrected chi connectivity index (χ4v) is 11.6. The minimum Gasteiger partial charge on any atom is -0.492 e. The highest BCUT2D eigenvalue weighted by Gasteiger charge is 2.38. The normalized spacial score (nSPS) is 14.7. The molecule has 8 N–H and O–H groups in total. The number of carbonyl (C=O) groups excluding carboxylic acids is 10. The minimum atomic E-state index is -1.29. The van der Waals surface area contributed by atoms with E-state index in [2.05, 4.69) is 22.3 Å². The Bertz CT molecular complexity index is 3760. The highest BCUT2D eigenvalue weighted by Crippen LogP contribution is 2.41. The summed E-state index contributed by atoms with van der Waals surface area (Å²) >= 11 is 0. The second kappa shape index (κ2) is 47.0. The van der Waals surface area contributed by atoms with E-state index >= 15 is 0 Å². The molecular formula is C80H102N6O19. The van der Waals surface area contributed by atoms with Crippen LogP contribution in [0.15, 0.2) is 115 Å². The van der Waals surface area contributed by atoms with Gasteiger partial charge in [-0.15, -0.1) is 0 Å². The molecule has 105 heavy (non-hydrogen) atoms. The number of ether oxygens (including phenoxy) is 5. The monoisotopic (exact) mass is 1450 g/mol. The molecule has 25 nitrogen and oxygen atoms in total. The average molecular weight is 1450 g/mol. The van der Waals surface area contributed by atoms with Gasteiger partial charge in [0.1, 0.15) is 49.8 Å². The maximum Gasteiger partial charge on any atom is 0.309 e. The number of ketones is 4. The molecule has 0 unspecified atom stereocenters. The van der Waals surface area contributed by atoms with Gasteiger partial charge in [-0.1, -0.05) is 144 Å². The largest absolute Gasteiger partial charge is 0.492 e. The number of unbranched alkanes of at least 4 members (excludes halogenated alkanes) is 5. The number of amides is 3. The Morgan fingerprint density at radius 3 is 1.80 bits per heavy atom. The Morgan fingerprint density at radius 1 is 0.676 bits per heavy atom. The van der Waals surface area contributed by atoms with Crippen molar-refractivity contribution in [3.8, 4) is 28.7 Å². The van der Waals surface area contributed by atoms with Crippen LogP contribution >= 0.6 is 0 Å². The van der Waals surface area contributed by atoms with Gasteiger partial charge in [-0.25, -0.2) is 0 Å². The number of benzene rings is 5. The predicted octanol–water partition coefficient (Wildman–Crippen LogP) is 9.85. The van der Waals surface area contributed by atoms with Gasteiger partial charge in [0.15, 0.2) is 17.3 Å². The van der Waals surface area contributed by atoms with Crippen LogP contribution in [0, 0.1) is 41.9 Å². The van der Waals surface area contributed by atoms with E-state index in [4.69, 9.17) is 40.6 Å². The number of aliphatic carboxylic acids is 2. The SMILES string of the molecule is CCC(=O)C[C@H](CC(=O)OCc1ccccc1)C(=O)O.CCCCCCCCc1ccc(C(=O)C[C@@H](CC(=O)NC)C(=O)N(C)[C@@H]2C(=O)C[C@@H](C)C(=O)N[C@H](C(=O)CCC#N)Cc3ccc(OCCN)c(c3)-c3cc2ccc3OCCN)c(C)c1.COC(=O)[C@H](CC(=O)O)CC(=O)OCc1ccccc1. The van der Waals surface area contributed by atoms with Crippen molar-refractivity contribution in [3.63, 3.8) is 0 Å². The van der Waals surface area contributed by atoms with Gasteiger partial charge in [0, 0.05) is 94.7 Å². The molecule has 0 saturated heterocycles. The van der Waals surface area contributed by atoms with Gasteiger partial charge in [-0.3, -0.25) is 57.5 Å². The highest BCUT2D eigenvalue weighted by molar-refractivity contribution is 6.02. The number of carboxylic acid groups (broad SMARTS) is 2. The molecule has 6 rings (SSSR count). The summed E-state index contributed by atoms with van der Waals surface area (Å²) in [5, 5.41) is 32.3. The fraction of sp³-hybridized carbons (Fsp3) is 0.463. The first kappa shape index (κ1) is 87.0. The topological polar surface area (TPSA) is 395 Å². The number of carbonyl (C=O) groups is 12. The quantitative estimate of drug-likeness (QED) is 0.00926. The number of hydrogen-bond acceptors (Lipinski definition) is 20. The van der Waals surface area contributed by atoms with E-state index in [1.54, 1.807) is 62.4 Å². The molecule has 5 aromatic rings. The van der Waals surface area contributed by atoms with Crippen molar-refractivity contribution < 1.29 is 91.4 Å². The number of likely N-dealkylation sites (N-methyl/N-ethyl adjacent to an activating group) is 1. The molecule has 6 atom stereocenters. The highest BCUT2D eigenvalue weighted by atomic mass is 16.5. The molecular weight excluding hydrogens is 1350 g/mol. The Kier molecular flexibility index (Phi) is 38.9. The predicted molar refractivity (Wildman–Crippen MR) is 391 cm³/mol. The Morgan fingerprint density at radius 2 is 1.26 bits per heavy atom. The maximum absolute atomic E-state index is 14.8. The lowest BCUT2D eigenvalue weighted by Gasteiger charge is -2.32. The molecule has 1 aliphatic heterocycles. The minimum absolute atomic E-state index is 0.0370. The number of hydrogen-bond donors (Lipinski definition) is 6. The lowest BCUT2D eigenvalue weighted by Crippen LogP contribution is -2.46. The Balaban J connectivity index is 0.000000469. The van der Waals surface area contributed by atoms with Crippen LogP contribution in [0.3, 0.4) is 0 Å². The third-order valence-corrected chi connectivity index (χ3v) is 17.4. The van der Waals surface area contributed by atoms with Crippen molar-refractivity contribution in [2.24, 2.45) is 35.1 Å². The molecule has 5 aromatic carbocycles. The molecule has 1 aliphatic rings. The molecule has 0 saturated carbocycles. The zero-order valence-corrected chi connectivity index (χ0v) is 61.3. The van der Waals surface area contributed by atoms with Crippen LogP contribution in [0.1, 0.15) is 173 Å². The third kappa shape index (κ3) is 30.4. The van der Waals surface area contributed by atoms with Crippen LogP contribution in [-0.2, 0) is 93.0 Å². The molecule has 0 aliphatic carbocycles. The number of esters is 3. The van der Waals surface area contributed by atoms with E-state index in [-0.39, 0.29) is 121 Å². The fourth-order valence-electron chi connectivity index (χ4n) is 11.6. The van der Waals surface area contributed by atoms with Crippen LogP contribution in [0.4, 0.5) is 0 Å². The van der Waals surface area contributed by atoms with Gasteiger partial charge < -0.3 is 60.9 Å². The summed E-state index contributed by atoms with van der Waals surface area (Å²) in [5.41, 5.74) is 17.8. The number of nitrogens with two attached hydrogens (primary N) is 2. The molecule has 3 amide bonds. The van der Waals surface area contributed by atoms with Crippen LogP contribution < -0.4 is 31.6 Å². The van der Waals surface area contributed by atoms with E-state index in [1.807, 2.05) is 79.7 Å². The number of aryl methyl sites for hydroxylation is 2. The van der Waals surface area contributed by atoms with Crippen molar-refractivity contribution in [1.82, 2.24) is 15.5 Å². The number of nitrogens with one attached hydrogen (secondary N) is 2. The van der Waals surface area contributed by atoms with Crippen molar-refractivity contribution >= 4 is 70.7 Å². The maximum atomic E-state index is 14.8. The zero-order valence-electron chi connectivity index (χ0n) is 61.3. The van der Waals surface area contributed by atoms with E-state index in [9.17, 15) is 62.8 Å². The van der Waals surface area contributed by atoms with Crippen LogP contribution in [0.5, 0.6) is 11.5 Å². The zero-order chi connectivity index (χ0) is 77.4. The van der Waals surface area contributed by atoms with Gasteiger partial charge in [0.2, 0.25) is 17.7 Å². The summed E-state index contributed by atoms with van der Waals surface area (Å²) in [6, 6.07) is 34.0. The molecule has 4 bridgehead atoms. The molecule has 566 valence electrons. The standard InChI is InChI=1S/C51H68N6O8.C15H18O5.C14H16O6/c1-6-7-8-9-10-11-13-35-15-18-39(33(2)26-35)44(59)31-38(32-48(61)55-4)51(63)57(5)49-37-17-20-47(65-25-23-54)41(30-37)40-28-36(16-19-46(40)64-24-22-53)29-42(43(58)14-12-21-52)56-50(62)34(3)27-45(49)60;1-2-13(16)8-12(15(18)19)9-14(17)20-10-11-6-4-3-5-7-11;1-19-14(18)11(7-12(15)16)8-13(17)20-9-10-5-3-2-4-6-10/h15-20,26,28,30,34,38,42,49H,6-14,22-25,27,29,31-32,53-54H2,1-5H3,(H,55,61)(H,56,62);3-7,12H,2,8-10H2,1H3,(H,18,19);2-6,11H,7-9H2,1H3,(H,15,16)/t34-,38+,42+,49+;12-;11-/m111/s1. The van der Waals surface area contributed by atoms with Gasteiger partial charge in [-0.05, 0) is 83.8 Å². The van der Waals surface area contributed by atoms with Crippen LogP contribution in [-0.4, -0.2) is 139 Å². The number of Topliss-reactive ketones (excluding diaryl/α,β-unsaturated/α-hetero) is 4. The molecule has 0 radical (unpaired) electrons. The summed E-state index contributed by atoms with van der Waals surface area (Å²) in [7, 11) is 4.06.